The quantitative estimate of drug-likeness (QED) is 0.679. The van der Waals surface area contributed by atoms with E-state index in [1.807, 2.05) is 38.1 Å². The minimum absolute atomic E-state index is 0.815. The normalized spacial score (nSPS) is 10.8. The Hall–Kier alpha value is -1.88. The lowest BCUT2D eigenvalue weighted by Gasteiger charge is -1.98. The number of anilines is 1. The van der Waals surface area contributed by atoms with E-state index in [-0.39, 0.29) is 0 Å². The Morgan fingerprint density at radius 3 is 2.56 bits per heavy atom. The maximum atomic E-state index is 5.09. The lowest BCUT2D eigenvalue weighted by Crippen LogP contribution is -1.90. The van der Waals surface area contributed by atoms with Crippen molar-refractivity contribution in [2.75, 3.05) is 12.5 Å². The molecule has 0 spiro atoms. The van der Waals surface area contributed by atoms with E-state index in [4.69, 9.17) is 4.74 Å². The van der Waals surface area contributed by atoms with Gasteiger partial charge in [0.05, 0.1) is 19.0 Å². The van der Waals surface area contributed by atoms with E-state index in [1.54, 1.807) is 24.7 Å². The van der Waals surface area contributed by atoms with E-state index in [0.717, 1.165) is 22.1 Å². The molecule has 0 aliphatic heterocycles. The zero-order valence-electron chi connectivity index (χ0n) is 10.6. The van der Waals surface area contributed by atoms with Crippen LogP contribution in [0.4, 0.5) is 5.13 Å². The first-order chi connectivity index (χ1) is 8.69. The van der Waals surface area contributed by atoms with Gasteiger partial charge in [0.25, 0.3) is 0 Å². The van der Waals surface area contributed by atoms with Crippen molar-refractivity contribution in [3.63, 3.8) is 0 Å². The van der Waals surface area contributed by atoms with Gasteiger partial charge in [0.1, 0.15) is 5.75 Å². The molecule has 5 heteroatoms. The lowest BCUT2D eigenvalue weighted by atomic mass is 10.2. The summed E-state index contributed by atoms with van der Waals surface area (Å²) in [6.07, 6.45) is 1.76. The minimum Gasteiger partial charge on any atom is -0.497 e. The molecule has 0 fully saturated rings. The summed E-state index contributed by atoms with van der Waals surface area (Å²) in [7, 11) is 1.65. The first-order valence-corrected chi connectivity index (χ1v) is 6.38. The van der Waals surface area contributed by atoms with E-state index >= 15 is 0 Å². The average molecular weight is 261 g/mol. The molecule has 2 rings (SSSR count). The lowest BCUT2D eigenvalue weighted by molar-refractivity contribution is 0.415. The molecule has 0 saturated carbocycles. The number of benzene rings is 1. The van der Waals surface area contributed by atoms with Crippen molar-refractivity contribution in [1.82, 2.24) is 4.98 Å². The highest BCUT2D eigenvalue weighted by atomic mass is 32.1. The Morgan fingerprint density at radius 2 is 2.00 bits per heavy atom. The van der Waals surface area contributed by atoms with Crippen molar-refractivity contribution in [3.05, 3.63) is 40.4 Å². The second-order valence-electron chi connectivity index (χ2n) is 3.80. The molecule has 18 heavy (non-hydrogen) atoms. The van der Waals surface area contributed by atoms with Gasteiger partial charge in [-0.25, -0.2) is 4.98 Å². The van der Waals surface area contributed by atoms with Crippen LogP contribution in [0, 0.1) is 13.8 Å². The molecule has 1 N–H and O–H groups in total. The average Bonchev–Trinajstić information content (AvgIpc) is 2.69. The molecular formula is C13H15N3OS. The van der Waals surface area contributed by atoms with Gasteiger partial charge in [-0.1, -0.05) is 0 Å². The van der Waals surface area contributed by atoms with E-state index < -0.39 is 0 Å². The third-order valence-corrected chi connectivity index (χ3v) is 3.50. The molecule has 0 saturated heterocycles. The van der Waals surface area contributed by atoms with Crippen LogP contribution in [0.5, 0.6) is 5.75 Å². The predicted octanol–water partition coefficient (Wildman–Crippen LogP) is 3.21. The first kappa shape index (κ1) is 12.6. The number of aryl methyl sites for hydroxylation is 2. The van der Waals surface area contributed by atoms with Crippen LogP contribution in [0.3, 0.4) is 0 Å². The molecule has 0 amide bonds. The maximum absolute atomic E-state index is 5.09. The van der Waals surface area contributed by atoms with Gasteiger partial charge in [0, 0.05) is 4.88 Å². The number of hydrazone groups is 1. The number of hydrogen-bond acceptors (Lipinski definition) is 5. The van der Waals surface area contributed by atoms with Crippen LogP contribution in [-0.2, 0) is 0 Å². The standard InChI is InChI=1S/C13H15N3OS/c1-9-10(2)18-13(15-9)16-14-8-11-4-6-12(17-3)7-5-11/h4-8H,1-3H3,(H,15,16)/b14-8+. The molecule has 1 aromatic heterocycles. The number of hydrogen-bond donors (Lipinski definition) is 1. The third kappa shape index (κ3) is 3.07. The second-order valence-corrected chi connectivity index (χ2v) is 5.01. The highest BCUT2D eigenvalue weighted by Crippen LogP contribution is 2.20. The maximum Gasteiger partial charge on any atom is 0.203 e. The topological polar surface area (TPSA) is 46.5 Å². The fourth-order valence-corrected chi connectivity index (χ4v) is 2.14. The highest BCUT2D eigenvalue weighted by molar-refractivity contribution is 7.15. The summed E-state index contributed by atoms with van der Waals surface area (Å²) < 4.78 is 5.09. The number of rotatable bonds is 4. The molecule has 2 aromatic rings. The minimum atomic E-state index is 0.815. The second kappa shape index (κ2) is 5.64. The van der Waals surface area contributed by atoms with E-state index in [0.29, 0.717) is 0 Å². The van der Waals surface area contributed by atoms with E-state index in [2.05, 4.69) is 15.5 Å². The van der Waals surface area contributed by atoms with Crippen molar-refractivity contribution in [3.8, 4) is 5.75 Å². The molecule has 0 radical (unpaired) electrons. The van der Waals surface area contributed by atoms with Crippen molar-refractivity contribution in [2.45, 2.75) is 13.8 Å². The Bertz CT molecular complexity index is 526. The van der Waals surface area contributed by atoms with Crippen molar-refractivity contribution >= 4 is 22.7 Å². The number of nitrogens with one attached hydrogen (secondary N) is 1. The van der Waals surface area contributed by atoms with Gasteiger partial charge in [0.2, 0.25) is 5.13 Å². The van der Waals surface area contributed by atoms with Gasteiger partial charge in [0.15, 0.2) is 0 Å². The fourth-order valence-electron chi connectivity index (χ4n) is 1.37. The van der Waals surface area contributed by atoms with E-state index in [9.17, 15) is 0 Å². The molecular weight excluding hydrogens is 246 g/mol. The molecule has 1 heterocycles. The largest absolute Gasteiger partial charge is 0.497 e. The number of methoxy groups -OCH3 is 1. The van der Waals surface area contributed by atoms with Gasteiger partial charge >= 0.3 is 0 Å². The van der Waals surface area contributed by atoms with Gasteiger partial charge in [-0.05, 0) is 43.7 Å². The monoisotopic (exact) mass is 261 g/mol. The number of aromatic nitrogens is 1. The van der Waals surface area contributed by atoms with E-state index in [1.165, 1.54) is 4.88 Å². The van der Waals surface area contributed by atoms with Crippen LogP contribution in [0.2, 0.25) is 0 Å². The fraction of sp³-hybridized carbons (Fsp3) is 0.231. The molecule has 0 aliphatic rings. The Kier molecular flexibility index (Phi) is 3.94. The smallest absolute Gasteiger partial charge is 0.203 e. The SMILES string of the molecule is COc1ccc(/C=N/Nc2nc(C)c(C)s2)cc1. The highest BCUT2D eigenvalue weighted by Gasteiger charge is 2.00. The Labute approximate surface area is 110 Å². The molecule has 0 unspecified atom stereocenters. The molecule has 0 atom stereocenters. The summed E-state index contributed by atoms with van der Waals surface area (Å²) in [5.74, 6) is 0.839. The van der Waals surface area contributed by atoms with Crippen LogP contribution in [0.15, 0.2) is 29.4 Å². The van der Waals surface area contributed by atoms with Crippen molar-refractivity contribution in [1.29, 1.82) is 0 Å². The van der Waals surface area contributed by atoms with Gasteiger partial charge in [-0.2, -0.15) is 5.10 Å². The van der Waals surface area contributed by atoms with Gasteiger partial charge in [-0.3, -0.25) is 5.43 Å². The molecule has 0 aliphatic carbocycles. The Balaban J connectivity index is 1.98. The summed E-state index contributed by atoms with van der Waals surface area (Å²) in [6, 6.07) is 7.70. The van der Waals surface area contributed by atoms with Crippen LogP contribution in [-0.4, -0.2) is 18.3 Å². The molecule has 4 nitrogen and oxygen atoms in total. The molecule has 1 aromatic carbocycles. The van der Waals surface area contributed by atoms with Crippen LogP contribution >= 0.6 is 11.3 Å². The first-order valence-electron chi connectivity index (χ1n) is 5.56. The van der Waals surface area contributed by atoms with Crippen molar-refractivity contribution < 1.29 is 4.74 Å². The summed E-state index contributed by atoms with van der Waals surface area (Å²) in [6.45, 7) is 4.04. The zero-order chi connectivity index (χ0) is 13.0. The number of nitrogens with zero attached hydrogens (tertiary/aromatic N) is 2. The summed E-state index contributed by atoms with van der Waals surface area (Å²) in [5.41, 5.74) is 4.98. The van der Waals surface area contributed by atoms with Crippen LogP contribution < -0.4 is 10.2 Å². The number of ether oxygens (including phenoxy) is 1. The predicted molar refractivity (Wildman–Crippen MR) is 75.8 cm³/mol. The molecule has 94 valence electrons. The van der Waals surface area contributed by atoms with Gasteiger partial charge in [-0.15, -0.1) is 11.3 Å². The van der Waals surface area contributed by atoms with Crippen LogP contribution in [0.25, 0.3) is 0 Å². The summed E-state index contributed by atoms with van der Waals surface area (Å²) in [5, 5.41) is 4.97. The summed E-state index contributed by atoms with van der Waals surface area (Å²) >= 11 is 1.60. The van der Waals surface area contributed by atoms with Gasteiger partial charge < -0.3 is 4.74 Å². The Morgan fingerprint density at radius 1 is 1.28 bits per heavy atom. The molecule has 0 bridgehead atoms. The zero-order valence-corrected chi connectivity index (χ0v) is 11.4. The number of thiazole rings is 1. The summed E-state index contributed by atoms with van der Waals surface area (Å²) in [4.78, 5) is 5.55. The van der Waals surface area contributed by atoms with Crippen LogP contribution in [0.1, 0.15) is 16.1 Å². The van der Waals surface area contributed by atoms with Crippen molar-refractivity contribution in [2.24, 2.45) is 5.10 Å². The third-order valence-electron chi connectivity index (χ3n) is 2.52.